The Morgan fingerprint density at radius 2 is 2.22 bits per heavy atom. The molecule has 4 nitrogen and oxygen atoms in total. The Morgan fingerprint density at radius 1 is 1.33 bits per heavy atom. The van der Waals surface area contributed by atoms with Crippen LogP contribution in [0.4, 0.5) is 0 Å². The summed E-state index contributed by atoms with van der Waals surface area (Å²) in [6.07, 6.45) is 2.55. The van der Waals surface area contributed by atoms with Gasteiger partial charge < -0.3 is 15.0 Å². The highest BCUT2D eigenvalue weighted by Crippen LogP contribution is 2.33. The summed E-state index contributed by atoms with van der Waals surface area (Å²) >= 11 is 0. The van der Waals surface area contributed by atoms with Gasteiger partial charge in [-0.05, 0) is 17.5 Å². The Morgan fingerprint density at radius 3 is 2.94 bits per heavy atom. The van der Waals surface area contributed by atoms with Crippen molar-refractivity contribution >= 4 is 12.4 Å². The van der Waals surface area contributed by atoms with E-state index in [-0.39, 0.29) is 18.5 Å². The lowest BCUT2D eigenvalue weighted by Crippen LogP contribution is -2.23. The largest absolute Gasteiger partial charge is 0.372 e. The number of rotatable bonds is 2. The van der Waals surface area contributed by atoms with Crippen LogP contribution < -0.4 is 5.73 Å². The Kier molecular flexibility index (Phi) is 4.01. The van der Waals surface area contributed by atoms with Crippen molar-refractivity contribution in [2.24, 2.45) is 5.73 Å². The standard InChI is InChI=1S/C13H14N2O2.ClH/c14-8-13-11-3-1-2-10(9(11)5-7-16-13)12-4-6-15-17-12;/h1-4,6,13H,5,7-8,14H2;1H/t13-;/m1./s1. The first-order valence-corrected chi connectivity index (χ1v) is 5.74. The van der Waals surface area contributed by atoms with Crippen molar-refractivity contribution in [3.05, 3.63) is 41.6 Å². The van der Waals surface area contributed by atoms with E-state index >= 15 is 0 Å². The molecule has 0 fully saturated rings. The summed E-state index contributed by atoms with van der Waals surface area (Å²) in [6.45, 7) is 1.22. The lowest BCUT2D eigenvalue weighted by molar-refractivity contribution is 0.0486. The highest BCUT2D eigenvalue weighted by atomic mass is 35.5. The van der Waals surface area contributed by atoms with Gasteiger partial charge in [0.2, 0.25) is 0 Å². The lowest BCUT2D eigenvalue weighted by atomic mass is 9.92. The average molecular weight is 267 g/mol. The first-order chi connectivity index (χ1) is 8.40. The average Bonchev–Trinajstić information content (AvgIpc) is 2.91. The molecule has 0 bridgehead atoms. The van der Waals surface area contributed by atoms with Gasteiger partial charge >= 0.3 is 0 Å². The number of nitrogens with two attached hydrogens (primary N) is 1. The summed E-state index contributed by atoms with van der Waals surface area (Å²) in [7, 11) is 0. The summed E-state index contributed by atoms with van der Waals surface area (Å²) in [5.74, 6) is 0.805. The van der Waals surface area contributed by atoms with Crippen molar-refractivity contribution < 1.29 is 9.26 Å². The molecule has 1 aromatic carbocycles. The summed E-state index contributed by atoms with van der Waals surface area (Å²) in [5.41, 5.74) is 9.27. The van der Waals surface area contributed by atoms with Gasteiger partial charge in [-0.25, -0.2) is 0 Å². The number of fused-ring (bicyclic) bond motifs is 1. The fraction of sp³-hybridized carbons (Fsp3) is 0.308. The van der Waals surface area contributed by atoms with Gasteiger partial charge in [-0.3, -0.25) is 0 Å². The predicted octanol–water partition coefficient (Wildman–Crippen LogP) is 2.34. The number of hydrogen-bond donors (Lipinski definition) is 1. The molecule has 0 amide bonds. The van der Waals surface area contributed by atoms with Gasteiger partial charge in [-0.15, -0.1) is 12.4 Å². The molecule has 3 rings (SSSR count). The van der Waals surface area contributed by atoms with Gasteiger partial charge in [0.15, 0.2) is 5.76 Å². The van der Waals surface area contributed by atoms with Crippen LogP contribution in [0, 0.1) is 0 Å². The molecule has 2 heterocycles. The SMILES string of the molecule is Cl.NC[C@H]1OCCc2c(-c3ccno3)cccc21. The maximum Gasteiger partial charge on any atom is 0.167 e. The number of aromatic nitrogens is 1. The van der Waals surface area contributed by atoms with Gasteiger partial charge in [0.1, 0.15) is 0 Å². The Bertz CT molecular complexity index is 514. The van der Waals surface area contributed by atoms with Crippen molar-refractivity contribution in [1.82, 2.24) is 5.16 Å². The number of halogens is 1. The second kappa shape index (κ2) is 5.52. The predicted molar refractivity (Wildman–Crippen MR) is 70.6 cm³/mol. The number of hydrogen-bond acceptors (Lipinski definition) is 4. The molecule has 1 aliphatic rings. The van der Waals surface area contributed by atoms with Gasteiger partial charge in [0, 0.05) is 18.2 Å². The minimum absolute atomic E-state index is 0. The highest BCUT2D eigenvalue weighted by Gasteiger charge is 2.22. The Balaban J connectivity index is 0.00000120. The fourth-order valence-electron chi connectivity index (χ4n) is 2.36. The topological polar surface area (TPSA) is 61.3 Å². The molecule has 5 heteroatoms. The smallest absolute Gasteiger partial charge is 0.167 e. The molecule has 2 aromatic rings. The number of ether oxygens (including phenoxy) is 1. The van der Waals surface area contributed by atoms with Crippen molar-refractivity contribution in [2.45, 2.75) is 12.5 Å². The van der Waals surface area contributed by atoms with E-state index in [1.54, 1.807) is 6.20 Å². The van der Waals surface area contributed by atoms with E-state index < -0.39 is 0 Å². The van der Waals surface area contributed by atoms with Crippen molar-refractivity contribution in [3.63, 3.8) is 0 Å². The maximum absolute atomic E-state index is 5.73. The van der Waals surface area contributed by atoms with E-state index in [0.717, 1.165) is 17.7 Å². The highest BCUT2D eigenvalue weighted by molar-refractivity contribution is 5.85. The normalized spacial score (nSPS) is 17.9. The maximum atomic E-state index is 5.73. The third-order valence-electron chi connectivity index (χ3n) is 3.15. The van der Waals surface area contributed by atoms with Crippen LogP contribution in [0.25, 0.3) is 11.3 Å². The van der Waals surface area contributed by atoms with Crippen LogP contribution in [-0.2, 0) is 11.2 Å². The molecule has 0 saturated heterocycles. The van der Waals surface area contributed by atoms with E-state index in [9.17, 15) is 0 Å². The van der Waals surface area contributed by atoms with Crippen LogP contribution in [0.15, 0.2) is 35.0 Å². The third-order valence-corrected chi connectivity index (χ3v) is 3.15. The zero-order valence-electron chi connectivity index (χ0n) is 9.83. The second-order valence-electron chi connectivity index (χ2n) is 4.10. The monoisotopic (exact) mass is 266 g/mol. The zero-order chi connectivity index (χ0) is 11.7. The van der Waals surface area contributed by atoms with Gasteiger partial charge in [0.25, 0.3) is 0 Å². The molecule has 0 unspecified atom stereocenters. The molecule has 0 spiro atoms. The van der Waals surface area contributed by atoms with Crippen molar-refractivity contribution in [1.29, 1.82) is 0 Å². The molecule has 96 valence electrons. The number of nitrogens with zero attached hydrogens (tertiary/aromatic N) is 1. The first kappa shape index (κ1) is 13.1. The van der Waals surface area contributed by atoms with Crippen molar-refractivity contribution in [2.75, 3.05) is 13.2 Å². The van der Waals surface area contributed by atoms with Crippen molar-refractivity contribution in [3.8, 4) is 11.3 Å². The first-order valence-electron chi connectivity index (χ1n) is 5.74. The molecule has 1 aromatic heterocycles. The van der Waals surface area contributed by atoms with Crippen LogP contribution in [0.3, 0.4) is 0 Å². The van der Waals surface area contributed by atoms with Crippen LogP contribution in [0.1, 0.15) is 17.2 Å². The van der Waals surface area contributed by atoms with Gasteiger partial charge in [-0.1, -0.05) is 23.4 Å². The molecule has 18 heavy (non-hydrogen) atoms. The third kappa shape index (κ3) is 2.14. The minimum Gasteiger partial charge on any atom is -0.372 e. The quantitative estimate of drug-likeness (QED) is 0.906. The van der Waals surface area contributed by atoms with Crippen LogP contribution in [0.2, 0.25) is 0 Å². The summed E-state index contributed by atoms with van der Waals surface area (Å²) in [6, 6.07) is 8.01. The molecule has 1 atom stereocenters. The molecule has 0 radical (unpaired) electrons. The van der Waals surface area contributed by atoms with E-state index in [1.807, 2.05) is 12.1 Å². The van der Waals surface area contributed by atoms with E-state index in [4.69, 9.17) is 15.0 Å². The van der Waals surface area contributed by atoms with Crippen LogP contribution in [-0.4, -0.2) is 18.3 Å². The van der Waals surface area contributed by atoms with E-state index in [0.29, 0.717) is 13.2 Å². The zero-order valence-corrected chi connectivity index (χ0v) is 10.7. The van der Waals surface area contributed by atoms with Gasteiger partial charge in [0.05, 0.1) is 18.9 Å². The molecular weight excluding hydrogens is 252 g/mol. The van der Waals surface area contributed by atoms with E-state index in [2.05, 4.69) is 17.3 Å². The molecule has 1 aliphatic heterocycles. The Hall–Kier alpha value is -1.36. The lowest BCUT2D eigenvalue weighted by Gasteiger charge is -2.26. The van der Waals surface area contributed by atoms with Crippen LogP contribution >= 0.6 is 12.4 Å². The number of benzene rings is 1. The minimum atomic E-state index is 0. The van der Waals surface area contributed by atoms with E-state index in [1.165, 1.54) is 11.1 Å². The summed E-state index contributed by atoms with van der Waals surface area (Å²) in [5, 5.41) is 3.76. The Labute approximate surface area is 112 Å². The summed E-state index contributed by atoms with van der Waals surface area (Å²) < 4.78 is 10.9. The molecule has 2 N–H and O–H groups in total. The summed E-state index contributed by atoms with van der Waals surface area (Å²) in [4.78, 5) is 0. The molecule has 0 saturated carbocycles. The fourth-order valence-corrected chi connectivity index (χ4v) is 2.36. The molecular formula is C13H15ClN2O2. The second-order valence-corrected chi connectivity index (χ2v) is 4.10. The van der Waals surface area contributed by atoms with Gasteiger partial charge in [-0.2, -0.15) is 0 Å². The molecule has 0 aliphatic carbocycles. The van der Waals surface area contributed by atoms with Crippen LogP contribution in [0.5, 0.6) is 0 Å².